The summed E-state index contributed by atoms with van der Waals surface area (Å²) in [5.41, 5.74) is -1.73. The second-order valence-electron chi connectivity index (χ2n) is 5.10. The van der Waals surface area contributed by atoms with E-state index in [0.29, 0.717) is 25.7 Å². The third-order valence-corrected chi connectivity index (χ3v) is 4.47. The molecule has 0 aliphatic heterocycles. The monoisotopic (exact) mass is 210 g/mol. The van der Waals surface area contributed by atoms with Gasteiger partial charge in [0.25, 0.3) is 0 Å². The highest BCUT2D eigenvalue weighted by atomic mass is 16.3. The summed E-state index contributed by atoms with van der Waals surface area (Å²) in [6.07, 6.45) is 3.34. The lowest BCUT2D eigenvalue weighted by Crippen LogP contribution is -2.54. The molecule has 4 atom stereocenters. The van der Waals surface area contributed by atoms with Gasteiger partial charge in [-0.1, -0.05) is 19.6 Å². The molecule has 0 aromatic rings. The number of ketones is 1. The molecule has 0 unspecified atom stereocenters. The summed E-state index contributed by atoms with van der Waals surface area (Å²) >= 11 is 0. The highest BCUT2D eigenvalue weighted by Crippen LogP contribution is 2.55. The molecule has 0 amide bonds. The van der Waals surface area contributed by atoms with E-state index in [-0.39, 0.29) is 17.1 Å². The Morgan fingerprint density at radius 3 is 2.80 bits per heavy atom. The number of rotatable bonds is 1. The summed E-state index contributed by atoms with van der Waals surface area (Å²) < 4.78 is 0. The molecule has 15 heavy (non-hydrogen) atoms. The fourth-order valence-electron chi connectivity index (χ4n) is 3.31. The minimum atomic E-state index is -1.41. The Balaban J connectivity index is 2.41. The summed E-state index contributed by atoms with van der Waals surface area (Å²) in [5, 5.41) is 20.3. The molecule has 0 radical (unpaired) electrons. The second kappa shape index (κ2) is 3.16. The zero-order chi connectivity index (χ0) is 11.3. The van der Waals surface area contributed by atoms with Crippen molar-refractivity contribution in [1.82, 2.24) is 0 Å². The molecular weight excluding hydrogens is 192 g/mol. The number of hydrogen-bond acceptors (Lipinski definition) is 3. The number of carbonyl (C=O) groups is 1. The van der Waals surface area contributed by atoms with Crippen molar-refractivity contribution in [2.75, 3.05) is 0 Å². The smallest absolute Gasteiger partial charge is 0.168 e. The van der Waals surface area contributed by atoms with Crippen LogP contribution in [0.15, 0.2) is 12.7 Å². The Labute approximate surface area is 89.8 Å². The molecule has 0 aromatic carbocycles. The topological polar surface area (TPSA) is 57.5 Å². The van der Waals surface area contributed by atoms with Crippen LogP contribution in [0.2, 0.25) is 0 Å². The second-order valence-corrected chi connectivity index (χ2v) is 5.10. The molecule has 0 aromatic heterocycles. The Bertz CT molecular complexity index is 312. The minimum absolute atomic E-state index is 0.144. The van der Waals surface area contributed by atoms with Crippen molar-refractivity contribution in [1.29, 1.82) is 0 Å². The van der Waals surface area contributed by atoms with Crippen molar-refractivity contribution < 1.29 is 15.0 Å². The maximum Gasteiger partial charge on any atom is 0.168 e. The standard InChI is InChI=1S/C12H18O3/c1-3-12(15)8-4-5-9(13)11(8,2)7-6-10(12)14/h3,8-9,13,15H,1,4-7H2,2H3/t8-,9+,11+,12+/m1/s1. The predicted molar refractivity (Wildman–Crippen MR) is 56.2 cm³/mol. The van der Waals surface area contributed by atoms with Gasteiger partial charge in [-0.25, -0.2) is 0 Å². The van der Waals surface area contributed by atoms with Gasteiger partial charge in [-0.2, -0.15) is 0 Å². The highest BCUT2D eigenvalue weighted by Gasteiger charge is 2.59. The molecule has 2 N–H and O–H groups in total. The van der Waals surface area contributed by atoms with Crippen LogP contribution in [0.1, 0.15) is 32.6 Å². The maximum atomic E-state index is 11.7. The Kier molecular flexibility index (Phi) is 2.28. The van der Waals surface area contributed by atoms with Crippen molar-refractivity contribution in [3.63, 3.8) is 0 Å². The van der Waals surface area contributed by atoms with Crippen LogP contribution < -0.4 is 0 Å². The Morgan fingerprint density at radius 1 is 1.53 bits per heavy atom. The van der Waals surface area contributed by atoms with Gasteiger partial charge in [0.05, 0.1) is 6.10 Å². The zero-order valence-electron chi connectivity index (χ0n) is 9.07. The summed E-state index contributed by atoms with van der Waals surface area (Å²) in [6.45, 7) is 5.54. The minimum Gasteiger partial charge on any atom is -0.393 e. The van der Waals surface area contributed by atoms with Gasteiger partial charge in [-0.3, -0.25) is 4.79 Å². The largest absolute Gasteiger partial charge is 0.393 e. The van der Waals surface area contributed by atoms with E-state index in [9.17, 15) is 15.0 Å². The zero-order valence-corrected chi connectivity index (χ0v) is 9.07. The molecule has 0 spiro atoms. The van der Waals surface area contributed by atoms with Gasteiger partial charge in [0.1, 0.15) is 5.60 Å². The molecule has 2 saturated carbocycles. The van der Waals surface area contributed by atoms with Gasteiger partial charge >= 0.3 is 0 Å². The number of Topliss-reactive ketones (excluding diaryl/α,β-unsaturated/α-hetero) is 1. The van der Waals surface area contributed by atoms with E-state index in [2.05, 4.69) is 6.58 Å². The number of fused-ring (bicyclic) bond motifs is 1. The molecule has 3 heteroatoms. The number of aliphatic hydroxyl groups is 2. The molecular formula is C12H18O3. The fraction of sp³-hybridized carbons (Fsp3) is 0.750. The first kappa shape index (κ1) is 10.8. The average molecular weight is 210 g/mol. The summed E-state index contributed by atoms with van der Waals surface area (Å²) in [7, 11) is 0. The number of aliphatic hydroxyl groups excluding tert-OH is 1. The van der Waals surface area contributed by atoms with Crippen LogP contribution in [0.5, 0.6) is 0 Å². The molecule has 84 valence electrons. The summed E-state index contributed by atoms with van der Waals surface area (Å²) in [4.78, 5) is 11.7. The van der Waals surface area contributed by atoms with Crippen LogP contribution in [0.4, 0.5) is 0 Å². The highest BCUT2D eigenvalue weighted by molar-refractivity contribution is 5.90. The van der Waals surface area contributed by atoms with Crippen LogP contribution in [-0.4, -0.2) is 27.7 Å². The normalized spacial score (nSPS) is 50.2. The first-order chi connectivity index (χ1) is 6.95. The van der Waals surface area contributed by atoms with Crippen molar-refractivity contribution in [2.24, 2.45) is 11.3 Å². The van der Waals surface area contributed by atoms with Crippen molar-refractivity contribution >= 4 is 5.78 Å². The molecule has 2 rings (SSSR count). The molecule has 0 heterocycles. The van der Waals surface area contributed by atoms with E-state index >= 15 is 0 Å². The Hall–Kier alpha value is -0.670. The SMILES string of the molecule is C=C[C@@]1(O)C(=O)CC[C@@]2(C)[C@H]1CC[C@@H]2O. The van der Waals surface area contributed by atoms with Crippen molar-refractivity contribution in [3.05, 3.63) is 12.7 Å². The molecule has 0 saturated heterocycles. The van der Waals surface area contributed by atoms with Crippen LogP contribution in [0, 0.1) is 11.3 Å². The predicted octanol–water partition coefficient (Wildman–Crippen LogP) is 1.04. The number of carbonyl (C=O) groups excluding carboxylic acids is 1. The fourth-order valence-corrected chi connectivity index (χ4v) is 3.31. The van der Waals surface area contributed by atoms with E-state index < -0.39 is 11.7 Å². The van der Waals surface area contributed by atoms with Crippen molar-refractivity contribution in [2.45, 2.75) is 44.3 Å². The summed E-state index contributed by atoms with van der Waals surface area (Å²) in [5.74, 6) is -0.312. The third-order valence-electron chi connectivity index (χ3n) is 4.47. The van der Waals surface area contributed by atoms with E-state index in [0.717, 1.165) is 0 Å². The molecule has 2 aliphatic rings. The van der Waals surface area contributed by atoms with E-state index in [1.54, 1.807) is 0 Å². The lowest BCUT2D eigenvalue weighted by atomic mass is 9.61. The average Bonchev–Trinajstić information content (AvgIpc) is 2.52. The van der Waals surface area contributed by atoms with Crippen LogP contribution in [0.3, 0.4) is 0 Å². The van der Waals surface area contributed by atoms with Gasteiger partial charge in [0, 0.05) is 17.8 Å². The Morgan fingerprint density at radius 2 is 2.20 bits per heavy atom. The van der Waals surface area contributed by atoms with Gasteiger partial charge in [-0.05, 0) is 19.3 Å². The molecule has 3 nitrogen and oxygen atoms in total. The van der Waals surface area contributed by atoms with Crippen molar-refractivity contribution in [3.8, 4) is 0 Å². The van der Waals surface area contributed by atoms with E-state index in [1.807, 2.05) is 6.92 Å². The van der Waals surface area contributed by atoms with E-state index in [4.69, 9.17) is 0 Å². The summed E-state index contributed by atoms with van der Waals surface area (Å²) in [6, 6.07) is 0. The third kappa shape index (κ3) is 1.23. The van der Waals surface area contributed by atoms with Gasteiger partial charge < -0.3 is 10.2 Å². The van der Waals surface area contributed by atoms with Gasteiger partial charge in [-0.15, -0.1) is 0 Å². The van der Waals surface area contributed by atoms with Crippen LogP contribution in [-0.2, 0) is 4.79 Å². The van der Waals surface area contributed by atoms with Gasteiger partial charge in [0.2, 0.25) is 0 Å². The first-order valence-corrected chi connectivity index (χ1v) is 5.52. The van der Waals surface area contributed by atoms with Crippen LogP contribution in [0.25, 0.3) is 0 Å². The maximum absolute atomic E-state index is 11.7. The molecule has 2 aliphatic carbocycles. The lowest BCUT2D eigenvalue weighted by Gasteiger charge is -2.46. The first-order valence-electron chi connectivity index (χ1n) is 5.52. The molecule has 2 fully saturated rings. The quantitative estimate of drug-likeness (QED) is 0.636. The van der Waals surface area contributed by atoms with Crippen LogP contribution >= 0.6 is 0 Å². The van der Waals surface area contributed by atoms with E-state index in [1.165, 1.54) is 6.08 Å². The molecule has 0 bridgehead atoms. The van der Waals surface area contributed by atoms with Gasteiger partial charge in [0.15, 0.2) is 5.78 Å². The lowest BCUT2D eigenvalue weighted by molar-refractivity contribution is -0.152. The number of hydrogen-bond donors (Lipinski definition) is 2.